The van der Waals surface area contributed by atoms with Crippen molar-refractivity contribution in [2.24, 2.45) is 0 Å². The second-order valence-electron chi connectivity index (χ2n) is 7.07. The van der Waals surface area contributed by atoms with E-state index in [4.69, 9.17) is 11.6 Å². The summed E-state index contributed by atoms with van der Waals surface area (Å²) in [5.74, 6) is -0.334. The molecule has 0 radical (unpaired) electrons. The Kier molecular flexibility index (Phi) is 7.20. The molecule has 30 heavy (non-hydrogen) atoms. The third-order valence-corrected chi connectivity index (χ3v) is 5.03. The Morgan fingerprint density at radius 2 is 1.97 bits per heavy atom. The molecular formula is C22H23ClFN3O3. The first kappa shape index (κ1) is 22.0. The van der Waals surface area contributed by atoms with Gasteiger partial charge in [-0.3, -0.25) is 4.79 Å². The van der Waals surface area contributed by atoms with Crippen molar-refractivity contribution >= 4 is 34.1 Å². The summed E-state index contributed by atoms with van der Waals surface area (Å²) in [6.07, 6.45) is 1.92. The minimum atomic E-state index is -0.582. The van der Waals surface area contributed by atoms with Crippen molar-refractivity contribution in [3.05, 3.63) is 70.6 Å². The number of nitrogens with one attached hydrogen (secondary N) is 2. The minimum absolute atomic E-state index is 0.00380. The Bertz CT molecular complexity index is 1050. The molecule has 158 valence electrons. The van der Waals surface area contributed by atoms with Gasteiger partial charge in [0.15, 0.2) is 0 Å². The Morgan fingerprint density at radius 3 is 2.67 bits per heavy atom. The summed E-state index contributed by atoms with van der Waals surface area (Å²) in [5.41, 5.74) is 0.945. The number of anilines is 1. The summed E-state index contributed by atoms with van der Waals surface area (Å²) in [4.78, 5) is 17.1. The Morgan fingerprint density at radius 1 is 1.17 bits per heavy atom. The van der Waals surface area contributed by atoms with Crippen LogP contribution in [0.3, 0.4) is 0 Å². The van der Waals surface area contributed by atoms with Crippen LogP contribution < -0.4 is 10.6 Å². The Balaban J connectivity index is 1.83. The van der Waals surface area contributed by atoms with Gasteiger partial charge in [-0.15, -0.1) is 0 Å². The van der Waals surface area contributed by atoms with Crippen LogP contribution in [0.15, 0.2) is 48.7 Å². The predicted molar refractivity (Wildman–Crippen MR) is 115 cm³/mol. The number of carbonyl (C=O) groups is 1. The molecule has 4 N–H and O–H groups in total. The van der Waals surface area contributed by atoms with E-state index in [1.807, 2.05) is 6.92 Å². The van der Waals surface area contributed by atoms with Gasteiger partial charge in [0.05, 0.1) is 17.7 Å². The summed E-state index contributed by atoms with van der Waals surface area (Å²) in [5, 5.41) is 26.1. The Labute approximate surface area is 178 Å². The zero-order valence-corrected chi connectivity index (χ0v) is 17.2. The summed E-state index contributed by atoms with van der Waals surface area (Å²) in [6, 6.07) is 10.6. The van der Waals surface area contributed by atoms with E-state index >= 15 is 0 Å². The quantitative estimate of drug-likeness (QED) is 0.436. The van der Waals surface area contributed by atoms with E-state index in [9.17, 15) is 19.4 Å². The summed E-state index contributed by atoms with van der Waals surface area (Å²) in [7, 11) is 0. The third-order valence-electron chi connectivity index (χ3n) is 4.72. The van der Waals surface area contributed by atoms with Gasteiger partial charge in [-0.25, -0.2) is 9.37 Å². The lowest BCUT2D eigenvalue weighted by Gasteiger charge is -2.19. The topological polar surface area (TPSA) is 94.5 Å². The van der Waals surface area contributed by atoms with Gasteiger partial charge in [0, 0.05) is 29.8 Å². The normalized spacial score (nSPS) is 13.1. The molecule has 0 bridgehead atoms. The summed E-state index contributed by atoms with van der Waals surface area (Å²) in [6.45, 7) is 1.63. The fraction of sp³-hybridized carbons (Fsp3) is 0.273. The number of carbonyl (C=O) groups excluding carboxylic acids is 1. The van der Waals surface area contributed by atoms with Gasteiger partial charge in [-0.1, -0.05) is 23.7 Å². The SMILES string of the molecule is CC(CO)Nc1cc2cc(C(=O)NC(CCO)c3ccc(Cl)c(F)c3)ccc2cn1. The number of halogens is 2. The minimum Gasteiger partial charge on any atom is -0.396 e. The number of aromatic nitrogens is 1. The summed E-state index contributed by atoms with van der Waals surface area (Å²) >= 11 is 5.74. The number of hydrogen-bond acceptors (Lipinski definition) is 5. The van der Waals surface area contributed by atoms with E-state index in [1.54, 1.807) is 36.5 Å². The summed E-state index contributed by atoms with van der Waals surface area (Å²) < 4.78 is 13.8. The first-order valence-corrected chi connectivity index (χ1v) is 9.93. The van der Waals surface area contributed by atoms with E-state index in [0.717, 1.165) is 10.8 Å². The molecule has 1 amide bonds. The first-order valence-electron chi connectivity index (χ1n) is 9.55. The number of benzene rings is 2. The number of aliphatic hydroxyl groups excluding tert-OH is 2. The molecule has 1 aromatic heterocycles. The van der Waals surface area contributed by atoms with Crippen LogP contribution >= 0.6 is 11.6 Å². The monoisotopic (exact) mass is 431 g/mol. The smallest absolute Gasteiger partial charge is 0.251 e. The maximum atomic E-state index is 13.8. The molecule has 0 aliphatic heterocycles. The largest absolute Gasteiger partial charge is 0.396 e. The van der Waals surface area contributed by atoms with Crippen LogP contribution in [-0.2, 0) is 0 Å². The van der Waals surface area contributed by atoms with Gasteiger partial charge in [-0.05, 0) is 54.6 Å². The molecule has 0 aliphatic carbocycles. The van der Waals surface area contributed by atoms with E-state index in [2.05, 4.69) is 15.6 Å². The highest BCUT2D eigenvalue weighted by Gasteiger charge is 2.17. The molecule has 2 atom stereocenters. The second-order valence-corrected chi connectivity index (χ2v) is 7.48. The van der Waals surface area contributed by atoms with Gasteiger partial charge in [0.25, 0.3) is 5.91 Å². The highest BCUT2D eigenvalue weighted by atomic mass is 35.5. The van der Waals surface area contributed by atoms with Gasteiger partial charge < -0.3 is 20.8 Å². The van der Waals surface area contributed by atoms with Crippen molar-refractivity contribution < 1.29 is 19.4 Å². The number of pyridine rings is 1. The predicted octanol–water partition coefficient (Wildman–Crippen LogP) is 3.67. The van der Waals surface area contributed by atoms with Crippen molar-refractivity contribution in [1.29, 1.82) is 0 Å². The highest BCUT2D eigenvalue weighted by Crippen LogP contribution is 2.24. The third kappa shape index (κ3) is 5.24. The molecule has 3 rings (SSSR count). The fourth-order valence-electron chi connectivity index (χ4n) is 3.08. The number of aliphatic hydroxyl groups is 2. The molecule has 8 heteroatoms. The van der Waals surface area contributed by atoms with Crippen LogP contribution in [0.1, 0.15) is 35.3 Å². The molecule has 6 nitrogen and oxygen atoms in total. The van der Waals surface area contributed by atoms with E-state index in [1.165, 1.54) is 12.1 Å². The number of amides is 1. The molecule has 0 fully saturated rings. The average molecular weight is 432 g/mol. The van der Waals surface area contributed by atoms with Gasteiger partial charge in [-0.2, -0.15) is 0 Å². The standard InChI is InChI=1S/C22H23ClFN3O3/c1-13(12-29)26-21-10-17-8-15(2-3-16(17)11-25-21)22(30)27-20(6-7-28)14-4-5-18(23)19(24)9-14/h2-5,8-11,13,20,28-29H,6-7,12H2,1H3,(H,25,26)(H,27,30). The van der Waals surface area contributed by atoms with Crippen LogP contribution in [0.2, 0.25) is 5.02 Å². The van der Waals surface area contributed by atoms with Crippen LogP contribution in [0.4, 0.5) is 10.2 Å². The highest BCUT2D eigenvalue weighted by molar-refractivity contribution is 6.30. The number of hydrogen-bond donors (Lipinski definition) is 4. The maximum absolute atomic E-state index is 13.8. The van der Waals surface area contributed by atoms with Crippen molar-refractivity contribution in [2.75, 3.05) is 18.5 Å². The maximum Gasteiger partial charge on any atom is 0.251 e. The molecule has 0 saturated carbocycles. The molecule has 2 aromatic carbocycles. The van der Waals surface area contributed by atoms with Crippen molar-refractivity contribution in [3.8, 4) is 0 Å². The molecule has 1 heterocycles. The molecular weight excluding hydrogens is 409 g/mol. The molecule has 0 saturated heterocycles. The van der Waals surface area contributed by atoms with Crippen LogP contribution in [0, 0.1) is 5.82 Å². The second kappa shape index (κ2) is 9.84. The van der Waals surface area contributed by atoms with Crippen molar-refractivity contribution in [3.63, 3.8) is 0 Å². The molecule has 0 aliphatic rings. The van der Waals surface area contributed by atoms with Crippen molar-refractivity contribution in [1.82, 2.24) is 10.3 Å². The van der Waals surface area contributed by atoms with Gasteiger partial charge in [0.1, 0.15) is 11.6 Å². The lowest BCUT2D eigenvalue weighted by Crippen LogP contribution is -2.29. The molecule has 2 unspecified atom stereocenters. The fourth-order valence-corrected chi connectivity index (χ4v) is 3.20. The average Bonchev–Trinajstić information content (AvgIpc) is 2.74. The lowest BCUT2D eigenvalue weighted by molar-refractivity contribution is 0.0930. The van der Waals surface area contributed by atoms with Crippen LogP contribution in [0.25, 0.3) is 10.8 Å². The zero-order valence-electron chi connectivity index (χ0n) is 16.4. The lowest BCUT2D eigenvalue weighted by atomic mass is 10.0. The van der Waals surface area contributed by atoms with Crippen molar-refractivity contribution in [2.45, 2.75) is 25.4 Å². The first-order chi connectivity index (χ1) is 14.4. The number of fused-ring (bicyclic) bond motifs is 1. The van der Waals surface area contributed by atoms with Crippen LogP contribution in [0.5, 0.6) is 0 Å². The molecule has 0 spiro atoms. The van der Waals surface area contributed by atoms with E-state index < -0.39 is 11.9 Å². The Hall–Kier alpha value is -2.74. The number of rotatable bonds is 8. The molecule has 3 aromatic rings. The van der Waals surface area contributed by atoms with E-state index in [-0.39, 0.29) is 36.6 Å². The zero-order chi connectivity index (χ0) is 21.7. The van der Waals surface area contributed by atoms with E-state index in [0.29, 0.717) is 16.9 Å². The van der Waals surface area contributed by atoms with Gasteiger partial charge >= 0.3 is 0 Å². The van der Waals surface area contributed by atoms with Crippen LogP contribution in [-0.4, -0.2) is 40.4 Å². The number of nitrogens with zero attached hydrogens (tertiary/aromatic N) is 1. The van der Waals surface area contributed by atoms with Gasteiger partial charge in [0.2, 0.25) is 0 Å².